The summed E-state index contributed by atoms with van der Waals surface area (Å²) in [6.07, 6.45) is 3.85. The molecule has 0 bridgehead atoms. The number of fused-ring (bicyclic) bond motifs is 3. The monoisotopic (exact) mass is 494 g/mol. The second-order valence-electron chi connectivity index (χ2n) is 8.61. The normalized spacial score (nSPS) is 12.3. The number of anilines is 2. The molecule has 0 fully saturated rings. The number of aromatic nitrogens is 3. The minimum Gasteiger partial charge on any atom is -0.496 e. The molecule has 2 aromatic carbocycles. The van der Waals surface area contributed by atoms with Crippen LogP contribution in [0.5, 0.6) is 5.75 Å². The molecule has 0 aliphatic heterocycles. The predicted octanol–water partition coefficient (Wildman–Crippen LogP) is 3.90. The third kappa shape index (κ3) is 5.74. The summed E-state index contributed by atoms with van der Waals surface area (Å²) in [4.78, 5) is 9.18. The van der Waals surface area contributed by atoms with Crippen LogP contribution in [0.4, 0.5) is 11.8 Å². The van der Waals surface area contributed by atoms with E-state index < -0.39 is 10.8 Å². The molecule has 0 amide bonds. The highest BCUT2D eigenvalue weighted by Gasteiger charge is 2.19. The molecule has 2 heterocycles. The Kier molecular flexibility index (Phi) is 8.20. The van der Waals surface area contributed by atoms with Crippen molar-refractivity contribution in [2.75, 3.05) is 43.3 Å². The lowest BCUT2D eigenvalue weighted by Gasteiger charge is -2.15. The third-order valence-corrected chi connectivity index (χ3v) is 6.79. The molecular weight excluding hydrogens is 460 g/mol. The zero-order valence-corrected chi connectivity index (χ0v) is 21.5. The van der Waals surface area contributed by atoms with Gasteiger partial charge in [-0.3, -0.25) is 4.21 Å². The zero-order chi connectivity index (χ0) is 24.8. The molecule has 0 aliphatic carbocycles. The standard InChI is InChI=1S/C26H34N6O2S/c1-4-5-12-29-25-24-23(30-26(27)31-25)20-8-6-7-9-21(20)32(24)17-19-15-18(10-11-22(19)34-2)16-28-13-14-35(3)33/h6-11,15,28H,4-5,12-14,16-17H2,1-3H3,(H3,27,29,30,31). The smallest absolute Gasteiger partial charge is 0.222 e. The van der Waals surface area contributed by atoms with Crippen LogP contribution in [0.25, 0.3) is 21.9 Å². The van der Waals surface area contributed by atoms with Crippen molar-refractivity contribution in [3.8, 4) is 5.75 Å². The minimum atomic E-state index is -0.802. The largest absolute Gasteiger partial charge is 0.496 e. The lowest BCUT2D eigenvalue weighted by molar-refractivity contribution is 0.408. The summed E-state index contributed by atoms with van der Waals surface area (Å²) in [5, 5.41) is 7.90. The lowest BCUT2D eigenvalue weighted by Crippen LogP contribution is -2.19. The third-order valence-electron chi connectivity index (χ3n) is 6.01. The lowest BCUT2D eigenvalue weighted by atomic mass is 10.1. The summed E-state index contributed by atoms with van der Waals surface area (Å²) in [5.74, 6) is 2.48. The van der Waals surface area contributed by atoms with Gasteiger partial charge in [0.2, 0.25) is 5.95 Å². The van der Waals surface area contributed by atoms with E-state index in [0.29, 0.717) is 25.4 Å². The summed E-state index contributed by atoms with van der Waals surface area (Å²) >= 11 is 0. The fourth-order valence-electron chi connectivity index (χ4n) is 4.30. The molecular formula is C26H34N6O2S. The summed E-state index contributed by atoms with van der Waals surface area (Å²) in [6, 6.07) is 14.5. The van der Waals surface area contributed by atoms with Crippen LogP contribution in [0.2, 0.25) is 0 Å². The van der Waals surface area contributed by atoms with Gasteiger partial charge in [-0.05, 0) is 30.2 Å². The fourth-order valence-corrected chi connectivity index (χ4v) is 4.73. The van der Waals surface area contributed by atoms with Crippen LogP contribution in [-0.4, -0.2) is 51.0 Å². The predicted molar refractivity (Wildman–Crippen MR) is 146 cm³/mol. The van der Waals surface area contributed by atoms with Crippen molar-refractivity contribution in [2.24, 2.45) is 0 Å². The molecule has 35 heavy (non-hydrogen) atoms. The SMILES string of the molecule is CCCCNc1nc(N)nc2c3ccccc3n(Cc3cc(CNCCS(C)=O)ccc3OC)c12. The van der Waals surface area contributed by atoms with Crippen molar-refractivity contribution < 1.29 is 8.95 Å². The van der Waals surface area contributed by atoms with Crippen molar-refractivity contribution in [2.45, 2.75) is 32.9 Å². The van der Waals surface area contributed by atoms with Crippen molar-refractivity contribution in [1.82, 2.24) is 19.9 Å². The molecule has 4 aromatic rings. The topological polar surface area (TPSA) is 107 Å². The van der Waals surface area contributed by atoms with E-state index in [4.69, 9.17) is 10.5 Å². The average molecular weight is 495 g/mol. The summed E-state index contributed by atoms with van der Waals surface area (Å²) < 4.78 is 19.3. The number of nitrogens with one attached hydrogen (secondary N) is 2. The molecule has 4 N–H and O–H groups in total. The number of ether oxygens (including phenoxy) is 1. The molecule has 0 saturated carbocycles. The Morgan fingerprint density at radius 3 is 2.74 bits per heavy atom. The quantitative estimate of drug-likeness (QED) is 0.256. The number of nitrogens with two attached hydrogens (primary N) is 1. The van der Waals surface area contributed by atoms with Crippen molar-refractivity contribution >= 4 is 44.5 Å². The number of methoxy groups -OCH3 is 1. The Hall–Kier alpha value is -3.17. The van der Waals surface area contributed by atoms with Gasteiger partial charge < -0.3 is 25.7 Å². The number of hydrogen-bond acceptors (Lipinski definition) is 7. The van der Waals surface area contributed by atoms with E-state index >= 15 is 0 Å². The maximum atomic E-state index is 11.3. The van der Waals surface area contributed by atoms with Gasteiger partial charge in [0.25, 0.3) is 0 Å². The Balaban J connectivity index is 1.76. The fraction of sp³-hybridized carbons (Fsp3) is 0.385. The second-order valence-corrected chi connectivity index (χ2v) is 10.2. The van der Waals surface area contributed by atoms with Crippen LogP contribution in [0.1, 0.15) is 30.9 Å². The van der Waals surface area contributed by atoms with E-state index in [1.165, 1.54) is 0 Å². The number of unbranched alkanes of at least 4 members (excludes halogenated alkanes) is 1. The van der Waals surface area contributed by atoms with Crippen molar-refractivity contribution in [3.05, 3.63) is 53.6 Å². The van der Waals surface area contributed by atoms with Crippen LogP contribution in [-0.2, 0) is 23.9 Å². The Morgan fingerprint density at radius 1 is 1.14 bits per heavy atom. The second kappa shape index (κ2) is 11.5. The van der Waals surface area contributed by atoms with Gasteiger partial charge in [0.15, 0.2) is 5.82 Å². The highest BCUT2D eigenvalue weighted by molar-refractivity contribution is 7.84. The average Bonchev–Trinajstić information content (AvgIpc) is 3.15. The molecule has 1 atom stereocenters. The zero-order valence-electron chi connectivity index (χ0n) is 20.6. The maximum Gasteiger partial charge on any atom is 0.222 e. The number of nitrogen functional groups attached to an aromatic ring is 1. The summed E-state index contributed by atoms with van der Waals surface area (Å²) in [5.41, 5.74) is 11.2. The molecule has 9 heteroatoms. The van der Waals surface area contributed by atoms with Gasteiger partial charge >= 0.3 is 0 Å². The van der Waals surface area contributed by atoms with E-state index in [1.54, 1.807) is 13.4 Å². The summed E-state index contributed by atoms with van der Waals surface area (Å²) in [7, 11) is 0.893. The molecule has 8 nitrogen and oxygen atoms in total. The van der Waals surface area contributed by atoms with Crippen LogP contribution < -0.4 is 21.1 Å². The van der Waals surface area contributed by atoms with Gasteiger partial charge in [-0.25, -0.2) is 4.98 Å². The first-order chi connectivity index (χ1) is 17.0. The highest BCUT2D eigenvalue weighted by atomic mass is 32.2. The Bertz CT molecular complexity index is 1340. The number of hydrogen-bond donors (Lipinski definition) is 3. The van der Waals surface area contributed by atoms with E-state index in [2.05, 4.69) is 56.4 Å². The molecule has 1 unspecified atom stereocenters. The highest BCUT2D eigenvalue weighted by Crippen LogP contribution is 2.34. The van der Waals surface area contributed by atoms with Gasteiger partial charge in [0.1, 0.15) is 16.8 Å². The van der Waals surface area contributed by atoms with Gasteiger partial charge in [0, 0.05) is 53.4 Å². The molecule has 0 spiro atoms. The first kappa shape index (κ1) is 24.9. The molecule has 4 rings (SSSR count). The van der Waals surface area contributed by atoms with E-state index in [0.717, 1.165) is 64.0 Å². The number of benzene rings is 2. The van der Waals surface area contributed by atoms with Crippen LogP contribution in [0.3, 0.4) is 0 Å². The molecule has 0 saturated heterocycles. The first-order valence-electron chi connectivity index (χ1n) is 12.0. The maximum absolute atomic E-state index is 11.3. The van der Waals surface area contributed by atoms with Crippen molar-refractivity contribution in [3.63, 3.8) is 0 Å². The van der Waals surface area contributed by atoms with Gasteiger partial charge in [-0.15, -0.1) is 0 Å². The van der Waals surface area contributed by atoms with Crippen LogP contribution in [0.15, 0.2) is 42.5 Å². The number of nitrogens with zero attached hydrogens (tertiary/aromatic N) is 3. The minimum absolute atomic E-state index is 0.262. The van der Waals surface area contributed by atoms with E-state index in [9.17, 15) is 4.21 Å². The molecule has 2 aromatic heterocycles. The van der Waals surface area contributed by atoms with Gasteiger partial charge in [-0.1, -0.05) is 37.6 Å². The van der Waals surface area contributed by atoms with Crippen LogP contribution >= 0.6 is 0 Å². The molecule has 0 aliphatic rings. The Morgan fingerprint density at radius 2 is 1.97 bits per heavy atom. The van der Waals surface area contributed by atoms with Gasteiger partial charge in [-0.2, -0.15) is 4.98 Å². The number of para-hydroxylation sites is 1. The van der Waals surface area contributed by atoms with Gasteiger partial charge in [0.05, 0.1) is 19.2 Å². The van der Waals surface area contributed by atoms with Crippen LogP contribution in [0, 0.1) is 0 Å². The van der Waals surface area contributed by atoms with E-state index in [-0.39, 0.29) is 5.95 Å². The Labute approximate surface area is 208 Å². The summed E-state index contributed by atoms with van der Waals surface area (Å²) in [6.45, 7) is 4.98. The van der Waals surface area contributed by atoms with Crippen molar-refractivity contribution in [1.29, 1.82) is 0 Å². The molecule has 186 valence electrons. The number of rotatable bonds is 12. The molecule has 0 radical (unpaired) electrons. The van der Waals surface area contributed by atoms with E-state index in [1.807, 2.05) is 18.2 Å². The first-order valence-corrected chi connectivity index (χ1v) is 13.7.